The Labute approximate surface area is 279 Å². The molecule has 0 bridgehead atoms. The molecule has 1 N–H and O–H groups in total. The van der Waals surface area contributed by atoms with Crippen LogP contribution < -0.4 is 14.4 Å². The summed E-state index contributed by atoms with van der Waals surface area (Å²) in [5.74, 6) is -1.21. The van der Waals surface area contributed by atoms with Crippen molar-refractivity contribution in [2.75, 3.05) is 24.7 Å². The van der Waals surface area contributed by atoms with Gasteiger partial charge in [-0.1, -0.05) is 12.1 Å². The lowest BCUT2D eigenvalue weighted by Gasteiger charge is -2.40. The fraction of sp³-hybridized carbons (Fsp3) is 0.194. The minimum atomic E-state index is -3.92. The number of nitrogens with one attached hydrogen (secondary N) is 1. The number of carbonyl (C=O) groups excluding carboxylic acids is 1. The molecule has 0 aliphatic heterocycles. The molecule has 0 saturated heterocycles. The lowest BCUT2D eigenvalue weighted by atomic mass is 9.81. The van der Waals surface area contributed by atoms with E-state index in [-0.39, 0.29) is 45.5 Å². The maximum atomic E-state index is 14.6. The Kier molecular flexibility index (Phi) is 7.83. The van der Waals surface area contributed by atoms with Gasteiger partial charge >= 0.3 is 0 Å². The standard InChI is InChI=1S/C36H28F2N4O6S/c1-40-35(43)32-25-16-24(21-9-12-29(46-2)26(15-21)36-41-33-27(38)5-4-6-30(33)48-36)28(42(49(3,44)45)23-13-19(14-23)18-39)17-31(25)47-34(32)20-7-10-22(37)11-8-20/h4-12,15-17,19,23H,13-14H2,1-3H3,(H,40,43). The second-order valence-electron chi connectivity index (χ2n) is 11.8. The van der Waals surface area contributed by atoms with Crippen LogP contribution in [0.2, 0.25) is 0 Å². The van der Waals surface area contributed by atoms with E-state index in [0.717, 1.165) is 6.26 Å². The molecule has 1 fully saturated rings. The molecule has 1 aliphatic carbocycles. The van der Waals surface area contributed by atoms with Crippen LogP contribution in [0.15, 0.2) is 81.6 Å². The van der Waals surface area contributed by atoms with Gasteiger partial charge in [-0.05, 0) is 73.0 Å². The Bertz CT molecular complexity index is 2430. The summed E-state index contributed by atoms with van der Waals surface area (Å²) in [6.07, 6.45) is 1.74. The first kappa shape index (κ1) is 31.8. The molecule has 248 valence electrons. The highest BCUT2D eigenvalue weighted by Gasteiger charge is 2.40. The predicted molar refractivity (Wildman–Crippen MR) is 179 cm³/mol. The van der Waals surface area contributed by atoms with E-state index in [2.05, 4.69) is 16.4 Å². The van der Waals surface area contributed by atoms with Gasteiger partial charge in [0.25, 0.3) is 5.91 Å². The van der Waals surface area contributed by atoms with E-state index in [0.29, 0.717) is 46.2 Å². The van der Waals surface area contributed by atoms with Crippen molar-refractivity contribution in [3.05, 3.63) is 90.0 Å². The highest BCUT2D eigenvalue weighted by Crippen LogP contribution is 2.46. The van der Waals surface area contributed by atoms with Gasteiger partial charge in [-0.25, -0.2) is 22.2 Å². The first-order chi connectivity index (χ1) is 23.5. The molecule has 13 heteroatoms. The van der Waals surface area contributed by atoms with E-state index >= 15 is 0 Å². The summed E-state index contributed by atoms with van der Waals surface area (Å²) in [6.45, 7) is 0. The minimum Gasteiger partial charge on any atom is -0.496 e. The van der Waals surface area contributed by atoms with E-state index in [1.807, 2.05) is 0 Å². The molecule has 0 spiro atoms. The van der Waals surface area contributed by atoms with Crippen LogP contribution >= 0.6 is 0 Å². The molecule has 2 aromatic heterocycles. The maximum Gasteiger partial charge on any atom is 0.255 e. The summed E-state index contributed by atoms with van der Waals surface area (Å²) in [4.78, 5) is 17.8. The Balaban J connectivity index is 1.51. The van der Waals surface area contributed by atoms with Crippen molar-refractivity contribution in [1.82, 2.24) is 10.3 Å². The number of oxazole rings is 1. The molecule has 7 rings (SSSR count). The van der Waals surface area contributed by atoms with Crippen molar-refractivity contribution in [2.24, 2.45) is 5.92 Å². The van der Waals surface area contributed by atoms with Crippen molar-refractivity contribution in [1.29, 1.82) is 5.26 Å². The lowest BCUT2D eigenvalue weighted by Crippen LogP contribution is -2.47. The van der Waals surface area contributed by atoms with Gasteiger partial charge < -0.3 is 18.9 Å². The Hall–Kier alpha value is -5.74. The monoisotopic (exact) mass is 682 g/mol. The number of methoxy groups -OCH3 is 1. The third-order valence-corrected chi connectivity index (χ3v) is 9.91. The SMILES string of the molecule is CNC(=O)c1c(-c2ccc(F)cc2)oc2cc(N(C3CC(C#N)C3)S(C)(=O)=O)c(-c3ccc(OC)c(-c4nc5c(F)cccc5o4)c3)cc12. The van der Waals surface area contributed by atoms with Gasteiger partial charge in [-0.2, -0.15) is 5.26 Å². The number of benzene rings is 4. The van der Waals surface area contributed by atoms with Gasteiger partial charge in [0.15, 0.2) is 11.4 Å². The molecule has 1 saturated carbocycles. The largest absolute Gasteiger partial charge is 0.496 e. The minimum absolute atomic E-state index is 0.0364. The number of fused-ring (bicyclic) bond motifs is 2. The van der Waals surface area contributed by atoms with E-state index in [4.69, 9.17) is 13.6 Å². The number of rotatable bonds is 8. The molecule has 0 atom stereocenters. The molecule has 10 nitrogen and oxygen atoms in total. The van der Waals surface area contributed by atoms with Crippen molar-refractivity contribution < 1.29 is 35.6 Å². The number of aromatic nitrogens is 1. The van der Waals surface area contributed by atoms with Crippen LogP contribution in [0, 0.1) is 28.9 Å². The van der Waals surface area contributed by atoms with Crippen molar-refractivity contribution in [2.45, 2.75) is 18.9 Å². The maximum absolute atomic E-state index is 14.6. The molecule has 4 aromatic carbocycles. The van der Waals surface area contributed by atoms with E-state index < -0.39 is 33.6 Å². The normalized spacial score (nSPS) is 15.9. The van der Waals surface area contributed by atoms with Crippen LogP contribution in [-0.4, -0.2) is 45.8 Å². The number of halogens is 2. The average Bonchev–Trinajstić information content (AvgIpc) is 3.67. The van der Waals surface area contributed by atoms with Crippen LogP contribution in [0.4, 0.5) is 14.5 Å². The number of hydrogen-bond acceptors (Lipinski definition) is 8. The first-order valence-corrected chi connectivity index (χ1v) is 17.1. The second-order valence-corrected chi connectivity index (χ2v) is 13.6. The van der Waals surface area contributed by atoms with Crippen LogP contribution in [0.25, 0.3) is 56.0 Å². The van der Waals surface area contributed by atoms with Gasteiger partial charge in [0.1, 0.15) is 28.4 Å². The number of amides is 1. The number of hydrogen-bond donors (Lipinski definition) is 1. The zero-order valence-electron chi connectivity index (χ0n) is 26.5. The smallest absolute Gasteiger partial charge is 0.255 e. The van der Waals surface area contributed by atoms with Gasteiger partial charge in [-0.3, -0.25) is 9.10 Å². The summed E-state index contributed by atoms with van der Waals surface area (Å²) < 4.78 is 74.5. The van der Waals surface area contributed by atoms with Gasteiger partial charge in [0.05, 0.1) is 42.2 Å². The van der Waals surface area contributed by atoms with Gasteiger partial charge in [-0.15, -0.1) is 0 Å². The summed E-state index contributed by atoms with van der Waals surface area (Å²) in [5, 5.41) is 12.5. The number of para-hydroxylation sites is 1. The summed E-state index contributed by atoms with van der Waals surface area (Å²) >= 11 is 0. The molecule has 1 amide bonds. The molecular formula is C36H28F2N4O6S. The number of nitrogens with zero attached hydrogens (tertiary/aromatic N) is 3. The lowest BCUT2D eigenvalue weighted by molar-refractivity contribution is 0.0964. The summed E-state index contributed by atoms with van der Waals surface area (Å²) in [6, 6.07) is 19.8. The van der Waals surface area contributed by atoms with Crippen molar-refractivity contribution in [3.63, 3.8) is 0 Å². The molecule has 0 unspecified atom stereocenters. The van der Waals surface area contributed by atoms with Gasteiger partial charge in [0.2, 0.25) is 15.9 Å². The average molecular weight is 683 g/mol. The van der Waals surface area contributed by atoms with Crippen LogP contribution in [0.5, 0.6) is 5.75 Å². The molecule has 6 aromatic rings. The number of furan rings is 1. The second kappa shape index (κ2) is 12.1. The van der Waals surface area contributed by atoms with E-state index in [1.54, 1.807) is 36.4 Å². The molecule has 2 heterocycles. The van der Waals surface area contributed by atoms with E-state index in [9.17, 15) is 27.3 Å². The molecule has 49 heavy (non-hydrogen) atoms. The quantitative estimate of drug-likeness (QED) is 0.177. The van der Waals surface area contributed by atoms with Crippen LogP contribution in [0.1, 0.15) is 23.2 Å². The third-order valence-electron chi connectivity index (χ3n) is 8.70. The summed E-state index contributed by atoms with van der Waals surface area (Å²) in [5.41, 5.74) is 2.59. The number of ether oxygens (including phenoxy) is 1. The topological polar surface area (TPSA) is 139 Å². The zero-order chi connectivity index (χ0) is 34.6. The highest BCUT2D eigenvalue weighted by atomic mass is 32.2. The fourth-order valence-electron chi connectivity index (χ4n) is 6.30. The molecular weight excluding hydrogens is 654 g/mol. The summed E-state index contributed by atoms with van der Waals surface area (Å²) in [7, 11) is -0.990. The predicted octanol–water partition coefficient (Wildman–Crippen LogP) is 7.29. The number of nitriles is 1. The third kappa shape index (κ3) is 5.53. The van der Waals surface area contributed by atoms with E-state index in [1.165, 1.54) is 54.9 Å². The number of anilines is 1. The highest BCUT2D eigenvalue weighted by molar-refractivity contribution is 7.92. The Morgan fingerprint density at radius 3 is 2.39 bits per heavy atom. The fourth-order valence-corrected chi connectivity index (χ4v) is 7.53. The Morgan fingerprint density at radius 1 is 1.00 bits per heavy atom. The van der Waals surface area contributed by atoms with Gasteiger partial charge in [0, 0.05) is 35.7 Å². The van der Waals surface area contributed by atoms with Crippen LogP contribution in [-0.2, 0) is 10.0 Å². The number of sulfonamides is 1. The Morgan fingerprint density at radius 2 is 1.73 bits per heavy atom. The molecule has 0 radical (unpaired) electrons. The van der Waals surface area contributed by atoms with Crippen molar-refractivity contribution >= 4 is 43.7 Å². The molecule has 1 aliphatic rings. The van der Waals surface area contributed by atoms with Crippen molar-refractivity contribution in [3.8, 4) is 45.7 Å². The number of carbonyl (C=O) groups is 1. The first-order valence-electron chi connectivity index (χ1n) is 15.2. The van der Waals surface area contributed by atoms with Crippen LogP contribution in [0.3, 0.4) is 0 Å². The zero-order valence-corrected chi connectivity index (χ0v) is 27.3.